The Morgan fingerprint density at radius 3 is 2.55 bits per heavy atom. The van der Waals surface area contributed by atoms with Crippen LogP contribution in [0.4, 0.5) is 5.13 Å². The molecule has 0 aliphatic carbocycles. The number of fused-ring (bicyclic) bond motifs is 1. The molecule has 31 heavy (non-hydrogen) atoms. The van der Waals surface area contributed by atoms with Crippen LogP contribution in [0.3, 0.4) is 0 Å². The van der Waals surface area contributed by atoms with Crippen LogP contribution in [0.25, 0.3) is 5.57 Å². The highest BCUT2D eigenvalue weighted by molar-refractivity contribution is 8.00. The Labute approximate surface area is 182 Å². The SMILES string of the molecule is CON=C(C(C)=O)C(=O)NC1C(=O)N2C(C(=O)O)=C(c3nnc(NC(C)=O)s3)CS[C@H]12. The van der Waals surface area contributed by atoms with Gasteiger partial charge in [-0.05, 0) is 0 Å². The molecule has 0 bridgehead atoms. The van der Waals surface area contributed by atoms with Crippen molar-refractivity contribution in [3.63, 3.8) is 0 Å². The molecule has 2 aliphatic rings. The number of nitrogens with one attached hydrogen (secondary N) is 2. The number of carbonyl (C=O) groups is 5. The number of carboxylic acids is 1. The highest BCUT2D eigenvalue weighted by Gasteiger charge is 2.55. The van der Waals surface area contributed by atoms with Crippen LogP contribution in [0.2, 0.25) is 0 Å². The third-order valence-corrected chi connectivity index (χ3v) is 6.33. The number of aromatic nitrogens is 2. The van der Waals surface area contributed by atoms with Gasteiger partial charge in [0, 0.05) is 25.2 Å². The molecule has 15 heteroatoms. The van der Waals surface area contributed by atoms with Crippen LogP contribution in [0.15, 0.2) is 10.9 Å². The average Bonchev–Trinajstić information content (AvgIpc) is 3.15. The van der Waals surface area contributed by atoms with Gasteiger partial charge in [-0.1, -0.05) is 16.5 Å². The minimum Gasteiger partial charge on any atom is -0.477 e. The Morgan fingerprint density at radius 1 is 1.26 bits per heavy atom. The number of oxime groups is 1. The van der Waals surface area contributed by atoms with Gasteiger partial charge in [0.2, 0.25) is 16.8 Å². The summed E-state index contributed by atoms with van der Waals surface area (Å²) < 4.78 is 0. The lowest BCUT2D eigenvalue weighted by molar-refractivity contribution is -0.149. The summed E-state index contributed by atoms with van der Waals surface area (Å²) >= 11 is 2.19. The molecule has 1 aromatic rings. The Morgan fingerprint density at radius 2 is 1.97 bits per heavy atom. The van der Waals surface area contributed by atoms with Gasteiger partial charge in [-0.25, -0.2) is 4.79 Å². The summed E-state index contributed by atoms with van der Waals surface area (Å²) in [5, 5.41) is 25.4. The molecule has 3 N–H and O–H groups in total. The minimum atomic E-state index is -1.35. The van der Waals surface area contributed by atoms with E-state index in [9.17, 15) is 29.1 Å². The highest BCUT2D eigenvalue weighted by Crippen LogP contribution is 2.44. The van der Waals surface area contributed by atoms with E-state index in [2.05, 4.69) is 30.8 Å². The van der Waals surface area contributed by atoms with Gasteiger partial charge in [0.05, 0.1) is 0 Å². The summed E-state index contributed by atoms with van der Waals surface area (Å²) in [4.78, 5) is 65.1. The smallest absolute Gasteiger partial charge is 0.353 e. The lowest BCUT2D eigenvalue weighted by atomic mass is 10.0. The molecule has 2 atom stereocenters. The zero-order valence-electron chi connectivity index (χ0n) is 16.4. The van der Waals surface area contributed by atoms with Crippen molar-refractivity contribution in [2.45, 2.75) is 25.3 Å². The maximum absolute atomic E-state index is 12.7. The average molecular weight is 468 g/mol. The second-order valence-corrected chi connectivity index (χ2v) is 8.35. The van der Waals surface area contributed by atoms with Crippen molar-refractivity contribution in [3.8, 4) is 0 Å². The van der Waals surface area contributed by atoms with E-state index in [1.54, 1.807) is 0 Å². The predicted molar refractivity (Wildman–Crippen MR) is 109 cm³/mol. The fourth-order valence-electron chi connectivity index (χ4n) is 2.90. The van der Waals surface area contributed by atoms with Crippen molar-refractivity contribution < 1.29 is 33.9 Å². The summed E-state index contributed by atoms with van der Waals surface area (Å²) in [5.41, 5.74) is -0.517. The Hall–Kier alpha value is -3.33. The number of rotatable bonds is 7. The molecule has 0 aromatic carbocycles. The third kappa shape index (κ3) is 4.27. The monoisotopic (exact) mass is 468 g/mol. The number of β-lactam (4-membered cyclic amide) rings is 1. The van der Waals surface area contributed by atoms with E-state index in [1.807, 2.05) is 0 Å². The normalized spacial score (nSPS) is 20.5. The molecule has 3 rings (SSSR count). The van der Waals surface area contributed by atoms with Gasteiger partial charge in [-0.2, -0.15) is 0 Å². The van der Waals surface area contributed by atoms with Crippen molar-refractivity contribution >= 4 is 69.0 Å². The molecule has 0 spiro atoms. The number of carbonyl (C=O) groups excluding carboxylic acids is 4. The molecule has 2 aliphatic heterocycles. The largest absolute Gasteiger partial charge is 0.477 e. The number of nitrogens with zero attached hydrogens (tertiary/aromatic N) is 4. The van der Waals surface area contributed by atoms with Crippen molar-refractivity contribution in [1.82, 2.24) is 20.4 Å². The number of thioether (sulfide) groups is 1. The van der Waals surface area contributed by atoms with Gasteiger partial charge in [-0.15, -0.1) is 22.0 Å². The molecule has 164 valence electrons. The fraction of sp³-hybridized carbons (Fsp3) is 0.375. The quantitative estimate of drug-likeness (QED) is 0.200. The van der Waals surface area contributed by atoms with Crippen LogP contribution < -0.4 is 10.6 Å². The van der Waals surface area contributed by atoms with Crippen LogP contribution >= 0.6 is 23.1 Å². The van der Waals surface area contributed by atoms with Gasteiger partial charge in [0.15, 0.2) is 5.78 Å². The molecule has 0 saturated carbocycles. The number of anilines is 1. The number of aliphatic carboxylic acids is 1. The molecule has 3 amide bonds. The number of carboxylic acid groups (broad SMARTS) is 1. The summed E-state index contributed by atoms with van der Waals surface area (Å²) in [7, 11) is 1.17. The second-order valence-electron chi connectivity index (χ2n) is 6.27. The van der Waals surface area contributed by atoms with E-state index in [-0.39, 0.29) is 33.1 Å². The molecule has 1 aromatic heterocycles. The minimum absolute atomic E-state index is 0.170. The summed E-state index contributed by atoms with van der Waals surface area (Å²) in [6.45, 7) is 2.42. The summed E-state index contributed by atoms with van der Waals surface area (Å²) in [5.74, 6) is -3.75. The van der Waals surface area contributed by atoms with Crippen LogP contribution in [0, 0.1) is 0 Å². The molecule has 13 nitrogen and oxygen atoms in total. The molecular formula is C16H16N6O7S2. The number of ketones is 1. The van der Waals surface area contributed by atoms with E-state index in [0.717, 1.165) is 23.2 Å². The highest BCUT2D eigenvalue weighted by atomic mass is 32.2. The standard InChI is InChI=1S/C16H16N6O7S2/c1-5(23)8(21-29-3)11(25)18-9-13(26)22-10(15(27)28)7(4-30-14(9)22)12-19-20-16(31-12)17-6(2)24/h9,14H,4H2,1-3H3,(H,18,25)(H,27,28)(H,17,20,24)/t9?,14-/m1/s1. The maximum Gasteiger partial charge on any atom is 0.353 e. The van der Waals surface area contributed by atoms with Crippen molar-refractivity contribution in [3.05, 3.63) is 10.7 Å². The van der Waals surface area contributed by atoms with Gasteiger partial charge in [-0.3, -0.25) is 24.1 Å². The van der Waals surface area contributed by atoms with E-state index in [4.69, 9.17) is 0 Å². The van der Waals surface area contributed by atoms with E-state index in [1.165, 1.54) is 25.8 Å². The van der Waals surface area contributed by atoms with E-state index < -0.39 is 40.7 Å². The van der Waals surface area contributed by atoms with Gasteiger partial charge in [0.25, 0.3) is 11.8 Å². The van der Waals surface area contributed by atoms with Gasteiger partial charge < -0.3 is 20.6 Å². The third-order valence-electron chi connectivity index (χ3n) is 4.15. The van der Waals surface area contributed by atoms with Crippen molar-refractivity contribution in [2.75, 3.05) is 18.2 Å². The first kappa shape index (κ1) is 22.4. The van der Waals surface area contributed by atoms with Crippen molar-refractivity contribution in [2.24, 2.45) is 5.16 Å². The fourth-order valence-corrected chi connectivity index (χ4v) is 5.17. The van der Waals surface area contributed by atoms with E-state index >= 15 is 0 Å². The van der Waals surface area contributed by atoms with Crippen molar-refractivity contribution in [1.29, 1.82) is 0 Å². The Kier molecular flexibility index (Phi) is 6.35. The second kappa shape index (κ2) is 8.81. The summed E-state index contributed by atoms with van der Waals surface area (Å²) in [6.07, 6.45) is 0. The molecular weight excluding hydrogens is 452 g/mol. The predicted octanol–water partition coefficient (Wildman–Crippen LogP) is -0.716. The summed E-state index contributed by atoms with van der Waals surface area (Å²) in [6, 6.07) is -1.04. The molecule has 1 unspecified atom stereocenters. The van der Waals surface area contributed by atoms with Crippen LogP contribution in [-0.2, 0) is 28.8 Å². The number of amides is 3. The van der Waals surface area contributed by atoms with E-state index in [0.29, 0.717) is 0 Å². The first-order chi connectivity index (χ1) is 14.6. The molecule has 1 fully saturated rings. The Bertz CT molecular complexity index is 1050. The zero-order valence-corrected chi connectivity index (χ0v) is 18.0. The molecule has 0 radical (unpaired) electrons. The Balaban J connectivity index is 1.85. The first-order valence-electron chi connectivity index (χ1n) is 8.61. The maximum atomic E-state index is 12.7. The van der Waals surface area contributed by atoms with Gasteiger partial charge >= 0.3 is 5.97 Å². The van der Waals surface area contributed by atoms with Crippen LogP contribution in [0.5, 0.6) is 0 Å². The van der Waals surface area contributed by atoms with Crippen LogP contribution in [0.1, 0.15) is 18.9 Å². The topological polar surface area (TPSA) is 180 Å². The molecule has 3 heterocycles. The lowest BCUT2D eigenvalue weighted by Crippen LogP contribution is -2.71. The number of Topliss-reactive ketones (excluding diaryl/α,β-unsaturated/α-hetero) is 1. The first-order valence-corrected chi connectivity index (χ1v) is 10.5. The molecule has 1 saturated heterocycles. The number of hydrogen-bond acceptors (Lipinski definition) is 11. The lowest BCUT2D eigenvalue weighted by Gasteiger charge is -2.49. The number of hydrogen-bond donors (Lipinski definition) is 3. The zero-order chi connectivity index (χ0) is 22.9. The van der Waals surface area contributed by atoms with Crippen LogP contribution in [-0.4, -0.2) is 79.7 Å². The van der Waals surface area contributed by atoms with Gasteiger partial charge in [0.1, 0.15) is 29.2 Å².